The van der Waals surface area contributed by atoms with Gasteiger partial charge in [-0.05, 0) is 189 Å². The third kappa shape index (κ3) is 6.76. The maximum Gasteiger partial charge on any atom is 0.0464 e. The van der Waals surface area contributed by atoms with Crippen molar-refractivity contribution in [2.75, 3.05) is 4.90 Å². The van der Waals surface area contributed by atoms with Crippen LogP contribution < -0.4 is 4.90 Å². The van der Waals surface area contributed by atoms with E-state index in [1.54, 1.807) is 27.8 Å². The molecule has 6 atom stereocenters. The Morgan fingerprint density at radius 1 is 0.320 bits per heavy atom. The highest BCUT2D eigenvalue weighted by atomic mass is 15.1. The molecule has 6 unspecified atom stereocenters. The predicted molar refractivity (Wildman–Crippen MR) is 312 cm³/mol. The fourth-order valence-electron chi connectivity index (χ4n) is 16.9. The molecule has 0 aromatic heterocycles. The van der Waals surface area contributed by atoms with E-state index in [0.29, 0.717) is 17.8 Å². The van der Waals surface area contributed by atoms with Gasteiger partial charge in [-0.1, -0.05) is 219 Å². The van der Waals surface area contributed by atoms with Crippen molar-refractivity contribution in [1.29, 1.82) is 0 Å². The summed E-state index contributed by atoms with van der Waals surface area (Å²) in [7, 11) is 0. The average Bonchev–Trinajstić information content (AvgIpc) is 3.78. The van der Waals surface area contributed by atoms with Gasteiger partial charge in [0.05, 0.1) is 0 Å². The molecule has 0 radical (unpaired) electrons. The Kier molecular flexibility index (Phi) is 10.3. The predicted octanol–water partition coefficient (Wildman–Crippen LogP) is 19.5. The minimum atomic E-state index is -0.140. The highest BCUT2D eigenvalue weighted by molar-refractivity contribution is 5.85. The Bertz CT molecular complexity index is 3710. The van der Waals surface area contributed by atoms with E-state index < -0.39 is 0 Å². The zero-order chi connectivity index (χ0) is 49.7. The molecule has 0 heterocycles. The van der Waals surface area contributed by atoms with Crippen molar-refractivity contribution in [1.82, 2.24) is 0 Å². The van der Waals surface area contributed by atoms with Crippen LogP contribution in [0.25, 0.3) is 55.6 Å². The van der Waals surface area contributed by atoms with Crippen LogP contribution in [0.3, 0.4) is 0 Å². The Balaban J connectivity index is 1.01. The van der Waals surface area contributed by atoms with E-state index in [4.69, 9.17) is 0 Å². The van der Waals surface area contributed by atoms with Crippen LogP contribution in [0.4, 0.5) is 17.1 Å². The number of benzene rings is 10. The maximum atomic E-state index is 2.72. The Hall–Kier alpha value is -8.00. The topological polar surface area (TPSA) is 3.24 Å². The van der Waals surface area contributed by atoms with Gasteiger partial charge in [0.25, 0.3) is 0 Å². The second-order valence-electron chi connectivity index (χ2n) is 22.9. The number of hydrogen-bond acceptors (Lipinski definition) is 1. The van der Waals surface area contributed by atoms with Crippen molar-refractivity contribution in [3.05, 3.63) is 282 Å². The molecule has 1 heteroatoms. The van der Waals surface area contributed by atoms with Crippen LogP contribution in [0.1, 0.15) is 90.2 Å². The van der Waals surface area contributed by atoms with E-state index in [9.17, 15) is 0 Å². The molecule has 5 aliphatic rings. The summed E-state index contributed by atoms with van der Waals surface area (Å²) in [6, 6.07) is 95.9. The van der Waals surface area contributed by atoms with Gasteiger partial charge in [-0.2, -0.15) is 0 Å². The molecule has 10 aromatic carbocycles. The molecule has 10 aromatic rings. The van der Waals surface area contributed by atoms with Gasteiger partial charge in [0.15, 0.2) is 0 Å². The van der Waals surface area contributed by atoms with Crippen molar-refractivity contribution < 1.29 is 0 Å². The molecule has 3 fully saturated rings. The van der Waals surface area contributed by atoms with Gasteiger partial charge in [0.2, 0.25) is 0 Å². The third-order valence-corrected chi connectivity index (χ3v) is 19.4. The molecule has 0 saturated heterocycles. The third-order valence-electron chi connectivity index (χ3n) is 19.4. The molecule has 0 N–H and O–H groups in total. The normalized spacial score (nSPS) is 23.5. The first kappa shape index (κ1) is 44.5. The Morgan fingerprint density at radius 2 is 0.707 bits per heavy atom. The first-order valence-electron chi connectivity index (χ1n) is 27.7. The minimum absolute atomic E-state index is 0.105. The molecule has 3 saturated carbocycles. The zero-order valence-electron chi connectivity index (χ0n) is 42.8. The molecule has 362 valence electrons. The number of rotatable bonds is 7. The molecule has 75 heavy (non-hydrogen) atoms. The minimum Gasteiger partial charge on any atom is -0.310 e. The highest BCUT2D eigenvalue weighted by Gasteiger charge is 2.70. The lowest BCUT2D eigenvalue weighted by atomic mass is 9.33. The van der Waals surface area contributed by atoms with E-state index >= 15 is 0 Å². The Labute approximate surface area is 443 Å². The maximum absolute atomic E-state index is 2.72. The standard InChI is InChI=1S/C74H61N/c1-50-19-8-9-24-60(50)65-29-14-16-31-68(65)72-43-18-44-73-47-56(49-74(71(72)73)48-55(46-72)61-25-10-12-27-63(61)66-30-15-17-32-69(66)74)62-26-11-13-28-64(62)67-42-41-59(45-70(67)73)75(57-37-33-53(34-38-57)51-20-4-2-5-21-51)58-39-35-54(36-40-58)52-22-6-3-7-23-52/h2-17,19-42,45,55-56,71H,18,43-44,46-49H2,1H3. The van der Waals surface area contributed by atoms with Crippen LogP contribution in [0, 0.1) is 12.8 Å². The fourth-order valence-corrected chi connectivity index (χ4v) is 16.9. The number of nitrogens with zero attached hydrogens (tertiary/aromatic N) is 1. The molecule has 4 bridgehead atoms. The van der Waals surface area contributed by atoms with E-state index in [0.717, 1.165) is 30.6 Å². The number of hydrogen-bond donors (Lipinski definition) is 0. The Morgan fingerprint density at radius 3 is 1.25 bits per heavy atom. The summed E-state index contributed by atoms with van der Waals surface area (Å²) in [4.78, 5) is 2.55. The molecule has 5 aliphatic carbocycles. The summed E-state index contributed by atoms with van der Waals surface area (Å²) in [6.07, 6.45) is 8.16. The van der Waals surface area contributed by atoms with Gasteiger partial charge in [0, 0.05) is 33.3 Å². The molecule has 0 amide bonds. The molecule has 15 rings (SSSR count). The average molecular weight is 964 g/mol. The lowest BCUT2D eigenvalue weighted by Crippen LogP contribution is -2.66. The molecule has 2 spiro atoms. The second kappa shape index (κ2) is 17.3. The van der Waals surface area contributed by atoms with E-state index in [1.807, 2.05) is 0 Å². The quantitative estimate of drug-likeness (QED) is 0.154. The number of anilines is 3. The van der Waals surface area contributed by atoms with Crippen LogP contribution >= 0.6 is 0 Å². The van der Waals surface area contributed by atoms with Crippen molar-refractivity contribution in [2.24, 2.45) is 5.92 Å². The van der Waals surface area contributed by atoms with Crippen LogP contribution in [-0.4, -0.2) is 0 Å². The summed E-state index contributed by atoms with van der Waals surface area (Å²) in [6.45, 7) is 2.32. The van der Waals surface area contributed by atoms with E-state index in [-0.39, 0.29) is 16.2 Å². The summed E-state index contributed by atoms with van der Waals surface area (Å²) in [5.74, 6) is 1.15. The molecule has 0 aliphatic heterocycles. The fraction of sp³-hybridized carbons (Fsp3) is 0.189. The van der Waals surface area contributed by atoms with Gasteiger partial charge in [-0.3, -0.25) is 0 Å². The molecular weight excluding hydrogens is 903 g/mol. The summed E-state index contributed by atoms with van der Waals surface area (Å²) < 4.78 is 0. The van der Waals surface area contributed by atoms with Gasteiger partial charge in [-0.15, -0.1) is 0 Å². The smallest absolute Gasteiger partial charge is 0.0464 e. The van der Waals surface area contributed by atoms with Crippen molar-refractivity contribution >= 4 is 17.1 Å². The molecular formula is C74H61N. The van der Waals surface area contributed by atoms with Crippen LogP contribution in [0.15, 0.2) is 249 Å². The van der Waals surface area contributed by atoms with E-state index in [1.165, 1.54) is 92.6 Å². The molecule has 1 nitrogen and oxygen atoms in total. The van der Waals surface area contributed by atoms with Crippen LogP contribution in [0.2, 0.25) is 0 Å². The number of fused-ring (bicyclic) bond motifs is 10. The lowest BCUT2D eigenvalue weighted by Gasteiger charge is -2.70. The van der Waals surface area contributed by atoms with Crippen LogP contribution in [0.5, 0.6) is 0 Å². The van der Waals surface area contributed by atoms with Gasteiger partial charge >= 0.3 is 0 Å². The summed E-state index contributed by atoms with van der Waals surface area (Å²) in [5, 5.41) is 0. The van der Waals surface area contributed by atoms with Gasteiger partial charge in [0.1, 0.15) is 0 Å². The first-order chi connectivity index (χ1) is 37.0. The number of aryl methyl sites for hydroxylation is 1. The van der Waals surface area contributed by atoms with Gasteiger partial charge in [-0.25, -0.2) is 0 Å². The lowest BCUT2D eigenvalue weighted by molar-refractivity contribution is -0.0728. The van der Waals surface area contributed by atoms with Crippen LogP contribution in [-0.2, 0) is 16.2 Å². The van der Waals surface area contributed by atoms with Crippen molar-refractivity contribution in [3.63, 3.8) is 0 Å². The first-order valence-corrected chi connectivity index (χ1v) is 27.7. The van der Waals surface area contributed by atoms with Crippen molar-refractivity contribution in [2.45, 2.75) is 80.0 Å². The largest absolute Gasteiger partial charge is 0.310 e. The summed E-state index contributed by atoms with van der Waals surface area (Å²) >= 11 is 0. The SMILES string of the molecule is Cc1ccccc1-c1ccccc1C12CCCC34CC(CC5(CC(C1)c1ccccc1-c1ccccc15)C23)c1ccccc1-c1ccc(N(c2ccc(-c3ccccc3)cc2)c2ccc(-c3ccccc3)cc2)cc14. The van der Waals surface area contributed by atoms with E-state index in [2.05, 4.69) is 261 Å². The van der Waals surface area contributed by atoms with Gasteiger partial charge < -0.3 is 4.90 Å². The summed E-state index contributed by atoms with van der Waals surface area (Å²) in [5.41, 5.74) is 25.8. The second-order valence-corrected chi connectivity index (χ2v) is 22.9. The highest BCUT2D eigenvalue weighted by Crippen LogP contribution is 2.77. The zero-order valence-corrected chi connectivity index (χ0v) is 42.8. The van der Waals surface area contributed by atoms with Crippen molar-refractivity contribution in [3.8, 4) is 55.6 Å². The monoisotopic (exact) mass is 963 g/mol.